The third-order valence-corrected chi connectivity index (χ3v) is 4.96. The summed E-state index contributed by atoms with van der Waals surface area (Å²) in [5.41, 5.74) is 0.769. The number of carbonyl (C=O) groups excluding carboxylic acids is 2. The molecule has 0 fully saturated rings. The highest BCUT2D eigenvalue weighted by molar-refractivity contribution is 5.88. The molecule has 0 spiro atoms. The fourth-order valence-corrected chi connectivity index (χ4v) is 2.94. The van der Waals surface area contributed by atoms with Crippen LogP contribution in [0.1, 0.15) is 38.3 Å². The Morgan fingerprint density at radius 1 is 1.13 bits per heavy atom. The maximum Gasteiger partial charge on any atom is 0.273 e. The Kier molecular flexibility index (Phi) is 8.03. The van der Waals surface area contributed by atoms with E-state index in [4.69, 9.17) is 0 Å². The summed E-state index contributed by atoms with van der Waals surface area (Å²) in [4.78, 5) is 37.9. The molecule has 8 heteroatoms. The van der Waals surface area contributed by atoms with Gasteiger partial charge in [0.15, 0.2) is 0 Å². The van der Waals surface area contributed by atoms with Gasteiger partial charge in [0.2, 0.25) is 11.8 Å². The quantitative estimate of drug-likeness (QED) is 0.500. The van der Waals surface area contributed by atoms with Crippen LogP contribution in [0.4, 0.5) is 10.1 Å². The second kappa shape index (κ2) is 10.5. The first-order chi connectivity index (χ1) is 14.2. The number of para-hydroxylation sites is 1. The second-order valence-corrected chi connectivity index (χ2v) is 7.20. The summed E-state index contributed by atoms with van der Waals surface area (Å²) < 4.78 is 13.3. The van der Waals surface area contributed by atoms with Crippen molar-refractivity contribution in [3.63, 3.8) is 0 Å². The van der Waals surface area contributed by atoms with E-state index in [9.17, 15) is 24.1 Å². The van der Waals surface area contributed by atoms with Gasteiger partial charge in [-0.2, -0.15) is 0 Å². The van der Waals surface area contributed by atoms with Crippen LogP contribution in [0.5, 0.6) is 0 Å². The highest BCUT2D eigenvalue weighted by Crippen LogP contribution is 2.20. The molecular weight excluding hydrogens is 389 g/mol. The third-order valence-electron chi connectivity index (χ3n) is 4.96. The number of carbonyl (C=O) groups is 2. The van der Waals surface area contributed by atoms with Crippen molar-refractivity contribution >= 4 is 17.5 Å². The molecule has 2 amide bonds. The van der Waals surface area contributed by atoms with E-state index in [1.807, 2.05) is 13.8 Å². The topological polar surface area (TPSA) is 92.6 Å². The molecule has 0 saturated heterocycles. The molecule has 30 heavy (non-hydrogen) atoms. The van der Waals surface area contributed by atoms with Gasteiger partial charge in [0, 0.05) is 24.2 Å². The van der Waals surface area contributed by atoms with Gasteiger partial charge in [0.25, 0.3) is 5.69 Å². The molecule has 0 unspecified atom stereocenters. The van der Waals surface area contributed by atoms with E-state index in [1.54, 1.807) is 25.1 Å². The Balaban J connectivity index is 2.29. The van der Waals surface area contributed by atoms with Crippen LogP contribution in [0, 0.1) is 15.9 Å². The summed E-state index contributed by atoms with van der Waals surface area (Å²) in [6, 6.07) is 10.8. The van der Waals surface area contributed by atoms with Gasteiger partial charge in [0.1, 0.15) is 11.9 Å². The Hall–Kier alpha value is -3.29. The van der Waals surface area contributed by atoms with E-state index in [0.717, 1.165) is 6.42 Å². The molecule has 0 radical (unpaired) electrons. The van der Waals surface area contributed by atoms with E-state index < -0.39 is 22.7 Å². The number of benzene rings is 2. The number of nitro benzene ring substituents is 1. The van der Waals surface area contributed by atoms with Gasteiger partial charge in [-0.3, -0.25) is 19.7 Å². The third kappa shape index (κ3) is 6.10. The molecule has 160 valence electrons. The van der Waals surface area contributed by atoms with E-state index in [-0.39, 0.29) is 36.2 Å². The molecular formula is C22H26FN3O4. The van der Waals surface area contributed by atoms with Crippen LogP contribution < -0.4 is 5.32 Å². The zero-order valence-electron chi connectivity index (χ0n) is 17.3. The van der Waals surface area contributed by atoms with Crippen molar-refractivity contribution in [3.8, 4) is 0 Å². The maximum absolute atomic E-state index is 13.3. The van der Waals surface area contributed by atoms with Crippen LogP contribution in [0.3, 0.4) is 0 Å². The van der Waals surface area contributed by atoms with Crippen LogP contribution in [-0.2, 0) is 22.6 Å². The summed E-state index contributed by atoms with van der Waals surface area (Å²) in [6.07, 6.45) is 0.514. The molecule has 0 bridgehead atoms. The van der Waals surface area contributed by atoms with Crippen molar-refractivity contribution in [1.29, 1.82) is 0 Å². The molecule has 0 aliphatic heterocycles. The predicted octanol–water partition coefficient (Wildman–Crippen LogP) is 3.61. The molecule has 0 heterocycles. The largest absolute Gasteiger partial charge is 0.352 e. The SMILES string of the molecule is CC[C@@H](C)NC(=O)[C@@H](C)N(Cc1ccc(F)cc1)C(=O)Cc1ccccc1[N+](=O)[O-]. The molecule has 0 saturated carbocycles. The van der Waals surface area contributed by atoms with Gasteiger partial charge in [-0.25, -0.2) is 4.39 Å². The lowest BCUT2D eigenvalue weighted by Crippen LogP contribution is -2.49. The average molecular weight is 415 g/mol. The van der Waals surface area contributed by atoms with Crippen molar-refractivity contribution in [3.05, 3.63) is 75.6 Å². The van der Waals surface area contributed by atoms with Crippen molar-refractivity contribution in [2.75, 3.05) is 0 Å². The minimum absolute atomic E-state index is 0.0575. The minimum Gasteiger partial charge on any atom is -0.352 e. The summed E-state index contributed by atoms with van der Waals surface area (Å²) in [7, 11) is 0. The molecule has 0 aromatic heterocycles. The van der Waals surface area contributed by atoms with E-state index in [1.165, 1.54) is 35.2 Å². The van der Waals surface area contributed by atoms with E-state index >= 15 is 0 Å². The van der Waals surface area contributed by atoms with Crippen LogP contribution >= 0.6 is 0 Å². The van der Waals surface area contributed by atoms with Gasteiger partial charge >= 0.3 is 0 Å². The van der Waals surface area contributed by atoms with Gasteiger partial charge in [-0.15, -0.1) is 0 Å². The fraction of sp³-hybridized carbons (Fsp3) is 0.364. The molecule has 1 N–H and O–H groups in total. The molecule has 0 aliphatic carbocycles. The van der Waals surface area contributed by atoms with Crippen LogP contribution in [0.2, 0.25) is 0 Å². The number of rotatable bonds is 9. The molecule has 2 aromatic carbocycles. The number of nitro groups is 1. The van der Waals surface area contributed by atoms with Crippen LogP contribution in [-0.4, -0.2) is 33.7 Å². The summed E-state index contributed by atoms with van der Waals surface area (Å²) in [5, 5.41) is 14.1. The number of nitrogens with one attached hydrogen (secondary N) is 1. The fourth-order valence-electron chi connectivity index (χ4n) is 2.94. The first-order valence-corrected chi connectivity index (χ1v) is 9.79. The van der Waals surface area contributed by atoms with Gasteiger partial charge in [0.05, 0.1) is 11.3 Å². The standard InChI is InChI=1S/C22H26FN3O4/c1-4-15(2)24-22(28)16(3)25(14-17-9-11-19(23)12-10-17)21(27)13-18-7-5-6-8-20(18)26(29)30/h5-12,15-16H,4,13-14H2,1-3H3,(H,24,28)/t15-,16-/m1/s1. The lowest BCUT2D eigenvalue weighted by atomic mass is 10.1. The van der Waals surface area contributed by atoms with E-state index in [0.29, 0.717) is 5.56 Å². The predicted molar refractivity (Wildman–Crippen MR) is 111 cm³/mol. The van der Waals surface area contributed by atoms with Gasteiger partial charge in [-0.05, 0) is 38.0 Å². The molecule has 2 rings (SSSR count). The Morgan fingerprint density at radius 3 is 2.37 bits per heavy atom. The van der Waals surface area contributed by atoms with Crippen molar-refractivity contribution < 1.29 is 18.9 Å². The number of nitrogens with zero attached hydrogens (tertiary/aromatic N) is 2. The number of hydrogen-bond donors (Lipinski definition) is 1. The van der Waals surface area contributed by atoms with Gasteiger partial charge in [-0.1, -0.05) is 37.3 Å². The molecule has 7 nitrogen and oxygen atoms in total. The number of hydrogen-bond acceptors (Lipinski definition) is 4. The molecule has 2 atom stereocenters. The Morgan fingerprint density at radius 2 is 1.77 bits per heavy atom. The minimum atomic E-state index is -0.806. The van der Waals surface area contributed by atoms with Crippen LogP contribution in [0.15, 0.2) is 48.5 Å². The maximum atomic E-state index is 13.3. The summed E-state index contributed by atoms with van der Waals surface area (Å²) >= 11 is 0. The number of halogens is 1. The zero-order chi connectivity index (χ0) is 22.3. The Labute approximate surface area is 175 Å². The second-order valence-electron chi connectivity index (χ2n) is 7.20. The molecule has 2 aromatic rings. The summed E-state index contributed by atoms with van der Waals surface area (Å²) in [6.45, 7) is 5.49. The van der Waals surface area contributed by atoms with Crippen LogP contribution in [0.25, 0.3) is 0 Å². The van der Waals surface area contributed by atoms with Crippen molar-refractivity contribution in [1.82, 2.24) is 10.2 Å². The number of amides is 2. The smallest absolute Gasteiger partial charge is 0.273 e. The highest BCUT2D eigenvalue weighted by Gasteiger charge is 2.28. The van der Waals surface area contributed by atoms with Gasteiger partial charge < -0.3 is 10.2 Å². The highest BCUT2D eigenvalue weighted by atomic mass is 19.1. The first kappa shape index (κ1) is 23.0. The van der Waals surface area contributed by atoms with E-state index in [2.05, 4.69) is 5.32 Å². The van der Waals surface area contributed by atoms with Crippen molar-refractivity contribution in [2.45, 2.75) is 52.2 Å². The lowest BCUT2D eigenvalue weighted by Gasteiger charge is -2.29. The average Bonchev–Trinajstić information content (AvgIpc) is 2.72. The monoisotopic (exact) mass is 415 g/mol. The van der Waals surface area contributed by atoms with Crippen molar-refractivity contribution in [2.24, 2.45) is 0 Å². The molecule has 0 aliphatic rings. The first-order valence-electron chi connectivity index (χ1n) is 9.79. The summed E-state index contributed by atoms with van der Waals surface area (Å²) in [5.74, 6) is -1.15. The Bertz CT molecular complexity index is 902. The zero-order valence-corrected chi connectivity index (χ0v) is 17.3. The lowest BCUT2D eigenvalue weighted by molar-refractivity contribution is -0.385. The normalized spacial score (nSPS) is 12.7.